The maximum Gasteiger partial charge on any atom is 0.121 e. The lowest BCUT2D eigenvalue weighted by Crippen LogP contribution is -2.55. The highest BCUT2D eigenvalue weighted by molar-refractivity contribution is 5.35. The lowest BCUT2D eigenvalue weighted by molar-refractivity contribution is -0.232. The van der Waals surface area contributed by atoms with Crippen molar-refractivity contribution in [3.05, 3.63) is 29.8 Å². The van der Waals surface area contributed by atoms with Gasteiger partial charge in [-0.3, -0.25) is 0 Å². The molecule has 4 unspecified atom stereocenters. The molecule has 100 valence electrons. The fourth-order valence-corrected chi connectivity index (χ4v) is 2.09. The Hall–Kier alpha value is -1.18. The smallest absolute Gasteiger partial charge is 0.121 e. The summed E-state index contributed by atoms with van der Waals surface area (Å²) >= 11 is 0. The predicted octanol–water partition coefficient (Wildman–Crippen LogP) is -1.09. The van der Waals surface area contributed by atoms with E-state index in [1.807, 2.05) is 0 Å². The van der Waals surface area contributed by atoms with E-state index in [9.17, 15) is 20.4 Å². The maximum absolute atomic E-state index is 9.87. The first-order chi connectivity index (χ1) is 8.56. The molecule has 1 saturated heterocycles. The van der Waals surface area contributed by atoms with Gasteiger partial charge in [-0.25, -0.2) is 0 Å². The average Bonchev–Trinajstić information content (AvgIpc) is 2.38. The molecular formula is C12H16O6. The Bertz CT molecular complexity index is 407. The summed E-state index contributed by atoms with van der Waals surface area (Å²) in [5.41, 5.74) is 0.300. The van der Waals surface area contributed by atoms with Gasteiger partial charge in [0.2, 0.25) is 0 Å². The van der Waals surface area contributed by atoms with E-state index in [1.54, 1.807) is 18.2 Å². The van der Waals surface area contributed by atoms with Crippen LogP contribution in [0.1, 0.15) is 11.7 Å². The number of hydrogen-bond acceptors (Lipinski definition) is 6. The van der Waals surface area contributed by atoms with Gasteiger partial charge < -0.3 is 30.3 Å². The maximum atomic E-state index is 9.87. The fraction of sp³-hybridized carbons (Fsp3) is 0.500. The summed E-state index contributed by atoms with van der Waals surface area (Å²) in [4.78, 5) is 0. The molecule has 1 aliphatic heterocycles. The first-order valence-corrected chi connectivity index (χ1v) is 5.64. The molecular weight excluding hydrogens is 240 g/mol. The van der Waals surface area contributed by atoms with Gasteiger partial charge in [-0.2, -0.15) is 0 Å². The van der Waals surface area contributed by atoms with Gasteiger partial charge in [-0.05, 0) is 6.07 Å². The van der Waals surface area contributed by atoms with Crippen LogP contribution >= 0.6 is 0 Å². The number of aliphatic hydroxyl groups is 4. The van der Waals surface area contributed by atoms with Crippen molar-refractivity contribution in [1.82, 2.24) is 0 Å². The number of phenols is 1. The Morgan fingerprint density at radius 2 is 1.67 bits per heavy atom. The number of para-hydroxylation sites is 1. The van der Waals surface area contributed by atoms with Crippen LogP contribution in [0.4, 0.5) is 0 Å². The van der Waals surface area contributed by atoms with Crippen LogP contribution in [0, 0.1) is 0 Å². The summed E-state index contributed by atoms with van der Waals surface area (Å²) in [5.74, 6) is -0.0816. The molecule has 0 radical (unpaired) electrons. The third-order valence-corrected chi connectivity index (χ3v) is 3.14. The molecule has 0 aromatic heterocycles. The van der Waals surface area contributed by atoms with Crippen LogP contribution in [0.5, 0.6) is 5.75 Å². The molecule has 6 heteroatoms. The van der Waals surface area contributed by atoms with Crippen LogP contribution in [-0.4, -0.2) is 56.6 Å². The Balaban J connectivity index is 2.30. The van der Waals surface area contributed by atoms with E-state index in [2.05, 4.69) is 0 Å². The largest absolute Gasteiger partial charge is 0.508 e. The van der Waals surface area contributed by atoms with Gasteiger partial charge in [0, 0.05) is 5.56 Å². The zero-order valence-corrected chi connectivity index (χ0v) is 9.55. The van der Waals surface area contributed by atoms with Gasteiger partial charge in [-0.1, -0.05) is 18.2 Å². The Kier molecular flexibility index (Phi) is 3.84. The van der Waals surface area contributed by atoms with Crippen LogP contribution in [0.2, 0.25) is 0 Å². The van der Waals surface area contributed by atoms with Crippen molar-refractivity contribution in [3.63, 3.8) is 0 Å². The molecule has 18 heavy (non-hydrogen) atoms. The molecule has 1 aromatic carbocycles. The van der Waals surface area contributed by atoms with Crippen molar-refractivity contribution >= 4 is 0 Å². The minimum atomic E-state index is -1.44. The highest BCUT2D eigenvalue weighted by atomic mass is 16.5. The third kappa shape index (κ3) is 2.21. The third-order valence-electron chi connectivity index (χ3n) is 3.14. The average molecular weight is 256 g/mol. The van der Waals surface area contributed by atoms with Crippen LogP contribution in [0.15, 0.2) is 24.3 Å². The number of aromatic hydroxyl groups is 1. The van der Waals surface area contributed by atoms with Gasteiger partial charge in [0.15, 0.2) is 0 Å². The minimum absolute atomic E-state index is 0.0816. The van der Waals surface area contributed by atoms with E-state index in [4.69, 9.17) is 9.84 Å². The van der Waals surface area contributed by atoms with Crippen molar-refractivity contribution in [3.8, 4) is 5.75 Å². The molecule has 5 atom stereocenters. The Morgan fingerprint density at radius 3 is 2.28 bits per heavy atom. The van der Waals surface area contributed by atoms with Crippen molar-refractivity contribution in [2.24, 2.45) is 0 Å². The monoisotopic (exact) mass is 256 g/mol. The normalized spacial score (nSPS) is 36.6. The molecule has 1 fully saturated rings. The second kappa shape index (κ2) is 5.21. The molecule has 0 amide bonds. The van der Waals surface area contributed by atoms with Gasteiger partial charge >= 0.3 is 0 Å². The van der Waals surface area contributed by atoms with Crippen LogP contribution in [0.3, 0.4) is 0 Å². The molecule has 1 aliphatic rings. The lowest BCUT2D eigenvalue weighted by Gasteiger charge is -2.40. The fourth-order valence-electron chi connectivity index (χ4n) is 2.09. The van der Waals surface area contributed by atoms with Crippen molar-refractivity contribution < 1.29 is 30.3 Å². The molecule has 0 saturated carbocycles. The van der Waals surface area contributed by atoms with Gasteiger partial charge in [-0.15, -0.1) is 0 Å². The summed E-state index contributed by atoms with van der Waals surface area (Å²) in [7, 11) is 0. The van der Waals surface area contributed by atoms with E-state index in [0.717, 1.165) is 0 Å². The summed E-state index contributed by atoms with van der Waals surface area (Å²) in [6, 6.07) is 6.23. The molecule has 0 bridgehead atoms. The molecule has 0 aliphatic carbocycles. The number of rotatable bonds is 2. The van der Waals surface area contributed by atoms with Gasteiger partial charge in [0.05, 0.1) is 6.61 Å². The summed E-state index contributed by atoms with van der Waals surface area (Å²) in [5, 5.41) is 47.9. The number of benzene rings is 1. The zero-order valence-electron chi connectivity index (χ0n) is 9.55. The number of aliphatic hydroxyl groups excluding tert-OH is 4. The van der Waals surface area contributed by atoms with E-state index in [-0.39, 0.29) is 5.75 Å². The number of hydrogen-bond donors (Lipinski definition) is 5. The van der Waals surface area contributed by atoms with Crippen molar-refractivity contribution in [2.45, 2.75) is 30.5 Å². The quantitative estimate of drug-likeness (QED) is 0.460. The second-order valence-electron chi connectivity index (χ2n) is 4.31. The van der Waals surface area contributed by atoms with Gasteiger partial charge in [0.25, 0.3) is 0 Å². The highest BCUT2D eigenvalue weighted by Crippen LogP contribution is 2.36. The van der Waals surface area contributed by atoms with E-state index in [0.29, 0.717) is 5.56 Å². The van der Waals surface area contributed by atoms with E-state index >= 15 is 0 Å². The first-order valence-electron chi connectivity index (χ1n) is 5.64. The van der Waals surface area contributed by atoms with Crippen LogP contribution in [0.25, 0.3) is 0 Å². The number of ether oxygens (including phenoxy) is 1. The minimum Gasteiger partial charge on any atom is -0.508 e. The van der Waals surface area contributed by atoms with Crippen LogP contribution in [-0.2, 0) is 4.74 Å². The topological polar surface area (TPSA) is 110 Å². The molecule has 1 aromatic rings. The zero-order chi connectivity index (χ0) is 13.3. The summed E-state index contributed by atoms with van der Waals surface area (Å²) in [6.07, 6.45) is -6.20. The molecule has 0 spiro atoms. The molecule has 5 N–H and O–H groups in total. The molecule has 1 heterocycles. The second-order valence-corrected chi connectivity index (χ2v) is 4.31. The predicted molar refractivity (Wildman–Crippen MR) is 60.8 cm³/mol. The highest BCUT2D eigenvalue weighted by Gasteiger charge is 2.44. The molecule has 2 rings (SSSR count). The summed E-state index contributed by atoms with van der Waals surface area (Å²) in [6.45, 7) is -0.491. The standard InChI is InChI=1S/C12H16O6/c13-5-8-9(15)10(16)11(17)12(18-8)6-3-1-2-4-7(6)14/h1-4,8-17H,5H2/t8?,9?,10?,11?,12-/m1/s1. The van der Waals surface area contributed by atoms with E-state index < -0.39 is 37.1 Å². The SMILES string of the molecule is OCC1O[C@H](c2ccccc2O)C(O)C(O)C1O. The van der Waals surface area contributed by atoms with Crippen LogP contribution < -0.4 is 0 Å². The Labute approximate surface area is 104 Å². The van der Waals surface area contributed by atoms with Gasteiger partial charge in [0.1, 0.15) is 36.3 Å². The molecule has 6 nitrogen and oxygen atoms in total. The van der Waals surface area contributed by atoms with Crippen molar-refractivity contribution in [2.75, 3.05) is 6.61 Å². The summed E-state index contributed by atoms with van der Waals surface area (Å²) < 4.78 is 5.33. The van der Waals surface area contributed by atoms with Crippen molar-refractivity contribution in [1.29, 1.82) is 0 Å². The van der Waals surface area contributed by atoms with E-state index in [1.165, 1.54) is 6.07 Å². The Morgan fingerprint density at radius 1 is 1.00 bits per heavy atom. The first kappa shape index (κ1) is 13.3. The number of phenolic OH excluding ortho intramolecular Hbond substituents is 1. The lowest BCUT2D eigenvalue weighted by atomic mass is 9.91.